The molecule has 12 heteroatoms. The molecule has 1 aromatic heterocycles. The monoisotopic (exact) mass is 508 g/mol. The van der Waals surface area contributed by atoms with E-state index < -0.39 is 48.9 Å². The highest BCUT2D eigenvalue weighted by atomic mass is 32.2. The first-order chi connectivity index (χ1) is 15.5. The fourth-order valence-electron chi connectivity index (χ4n) is 3.94. The van der Waals surface area contributed by atoms with E-state index in [4.69, 9.17) is 0 Å². The Morgan fingerprint density at radius 3 is 2.15 bits per heavy atom. The van der Waals surface area contributed by atoms with E-state index >= 15 is 0 Å². The first kappa shape index (κ1) is 26.0. The van der Waals surface area contributed by atoms with Crippen LogP contribution in [0.25, 0.3) is 0 Å². The van der Waals surface area contributed by atoms with Gasteiger partial charge in [-0.3, -0.25) is 9.78 Å². The summed E-state index contributed by atoms with van der Waals surface area (Å²) >= 11 is 0. The van der Waals surface area contributed by atoms with Gasteiger partial charge in [0.2, 0.25) is 0 Å². The van der Waals surface area contributed by atoms with Crippen molar-refractivity contribution in [1.82, 2.24) is 10.3 Å². The molecule has 1 saturated carbocycles. The van der Waals surface area contributed by atoms with Gasteiger partial charge in [-0.2, -0.15) is 26.3 Å². The molecule has 1 heterocycles. The molecule has 0 atom stereocenters. The molecule has 1 aliphatic rings. The van der Waals surface area contributed by atoms with Crippen molar-refractivity contribution >= 4 is 15.7 Å². The molecule has 186 valence electrons. The lowest BCUT2D eigenvalue weighted by atomic mass is 9.75. The van der Waals surface area contributed by atoms with Crippen molar-refractivity contribution in [1.29, 1.82) is 0 Å². The molecule has 0 saturated heterocycles. The van der Waals surface area contributed by atoms with Gasteiger partial charge in [-0.15, -0.1) is 0 Å². The maximum atomic E-state index is 13.0. The molecule has 1 aromatic carbocycles. The Morgan fingerprint density at radius 2 is 1.62 bits per heavy atom. The second-order valence-corrected chi connectivity index (χ2v) is 11.5. The largest absolute Gasteiger partial charge is 0.417 e. The number of nitrogens with zero attached hydrogens (tertiary/aromatic N) is 1. The Labute approximate surface area is 192 Å². The number of sulfone groups is 1. The zero-order chi connectivity index (χ0) is 25.5. The number of aromatic nitrogens is 1. The summed E-state index contributed by atoms with van der Waals surface area (Å²) in [4.78, 5) is 15.3. The summed E-state index contributed by atoms with van der Waals surface area (Å²) in [5.41, 5.74) is -2.20. The number of rotatable bonds is 6. The Morgan fingerprint density at radius 1 is 1.00 bits per heavy atom. The predicted octanol–water partition coefficient (Wildman–Crippen LogP) is 5.27. The molecule has 5 nitrogen and oxygen atoms in total. The SMILES string of the molecule is CC(C)(C[C@H]1C[C@H](NC(=O)c2ccc(C(F)(F)F)cn2)C1)S(=O)(=O)c1cccc(C(F)(F)F)c1. The van der Waals surface area contributed by atoms with Crippen LogP contribution in [0.15, 0.2) is 47.5 Å². The van der Waals surface area contributed by atoms with Crippen LogP contribution in [0.1, 0.15) is 54.7 Å². The van der Waals surface area contributed by atoms with E-state index in [0.717, 1.165) is 30.3 Å². The average Bonchev–Trinajstić information content (AvgIpc) is 2.70. The Kier molecular flexibility index (Phi) is 6.77. The molecule has 0 radical (unpaired) electrons. The van der Waals surface area contributed by atoms with Crippen molar-refractivity contribution in [2.45, 2.75) is 61.1 Å². The van der Waals surface area contributed by atoms with Crippen molar-refractivity contribution in [2.75, 3.05) is 0 Å². The molecular formula is C22H22F6N2O3S. The van der Waals surface area contributed by atoms with Gasteiger partial charge in [0.05, 0.1) is 20.8 Å². The second-order valence-electron chi connectivity index (χ2n) is 8.93. The van der Waals surface area contributed by atoms with Gasteiger partial charge in [0.25, 0.3) is 5.91 Å². The van der Waals surface area contributed by atoms with Crippen molar-refractivity contribution in [2.24, 2.45) is 5.92 Å². The molecule has 0 bridgehead atoms. The zero-order valence-electron chi connectivity index (χ0n) is 18.2. The number of hydrogen-bond donors (Lipinski definition) is 1. The van der Waals surface area contributed by atoms with Crippen LogP contribution in [-0.4, -0.2) is 30.1 Å². The summed E-state index contributed by atoms with van der Waals surface area (Å²) in [6, 6.07) is 5.03. The number of nitrogens with one attached hydrogen (secondary N) is 1. The van der Waals surface area contributed by atoms with Crippen LogP contribution in [0, 0.1) is 5.92 Å². The van der Waals surface area contributed by atoms with E-state index in [1.807, 2.05) is 0 Å². The summed E-state index contributed by atoms with van der Waals surface area (Å²) in [6.45, 7) is 2.89. The van der Waals surface area contributed by atoms with Crippen molar-refractivity contribution in [3.63, 3.8) is 0 Å². The number of carbonyl (C=O) groups is 1. The molecule has 0 aliphatic heterocycles. The summed E-state index contributed by atoms with van der Waals surface area (Å²) in [5.74, 6) is -0.755. The van der Waals surface area contributed by atoms with E-state index in [1.54, 1.807) is 0 Å². The number of pyridine rings is 1. The van der Waals surface area contributed by atoms with Crippen LogP contribution < -0.4 is 5.32 Å². The van der Waals surface area contributed by atoms with Crippen LogP contribution in [0.5, 0.6) is 0 Å². The summed E-state index contributed by atoms with van der Waals surface area (Å²) < 4.78 is 101. The first-order valence-corrected chi connectivity index (χ1v) is 11.7. The van der Waals surface area contributed by atoms with Crippen molar-refractivity contribution in [3.8, 4) is 0 Å². The van der Waals surface area contributed by atoms with E-state index in [2.05, 4.69) is 10.3 Å². The molecule has 34 heavy (non-hydrogen) atoms. The highest BCUT2D eigenvalue weighted by Gasteiger charge is 2.43. The molecule has 1 aliphatic carbocycles. The molecule has 1 fully saturated rings. The number of hydrogen-bond acceptors (Lipinski definition) is 4. The molecule has 1 N–H and O–H groups in total. The van der Waals surface area contributed by atoms with Gasteiger partial charge in [-0.25, -0.2) is 8.42 Å². The van der Waals surface area contributed by atoms with Gasteiger partial charge in [0.15, 0.2) is 9.84 Å². The summed E-state index contributed by atoms with van der Waals surface area (Å²) in [5, 5.41) is 2.64. The van der Waals surface area contributed by atoms with E-state index in [0.29, 0.717) is 25.1 Å². The molecule has 1 amide bonds. The molecule has 3 rings (SSSR count). The second kappa shape index (κ2) is 8.86. The Balaban J connectivity index is 1.59. The highest BCUT2D eigenvalue weighted by molar-refractivity contribution is 7.92. The fraction of sp³-hybridized carbons (Fsp3) is 0.455. The van der Waals surface area contributed by atoms with Crippen LogP contribution in [0.4, 0.5) is 26.3 Å². The van der Waals surface area contributed by atoms with Crippen molar-refractivity contribution < 1.29 is 39.6 Å². The predicted molar refractivity (Wildman–Crippen MR) is 111 cm³/mol. The third-order valence-electron chi connectivity index (χ3n) is 5.87. The molecule has 0 unspecified atom stereocenters. The van der Waals surface area contributed by atoms with Crippen LogP contribution >= 0.6 is 0 Å². The van der Waals surface area contributed by atoms with E-state index in [-0.39, 0.29) is 24.1 Å². The highest BCUT2D eigenvalue weighted by Crippen LogP contribution is 2.40. The maximum Gasteiger partial charge on any atom is 0.417 e. The lowest BCUT2D eigenvalue weighted by Crippen LogP contribution is -2.47. The molecular weight excluding hydrogens is 486 g/mol. The number of carbonyl (C=O) groups excluding carboxylic acids is 1. The topological polar surface area (TPSA) is 76.1 Å². The average molecular weight is 508 g/mol. The van der Waals surface area contributed by atoms with Crippen molar-refractivity contribution in [3.05, 3.63) is 59.4 Å². The minimum Gasteiger partial charge on any atom is -0.348 e. The van der Waals surface area contributed by atoms with Crippen LogP contribution in [0.2, 0.25) is 0 Å². The smallest absolute Gasteiger partial charge is 0.348 e. The molecule has 0 spiro atoms. The summed E-state index contributed by atoms with van der Waals surface area (Å²) in [6.07, 6.45) is -7.65. The third kappa shape index (κ3) is 5.53. The van der Waals surface area contributed by atoms with Gasteiger partial charge in [0, 0.05) is 12.2 Å². The Bertz CT molecular complexity index is 1150. The lowest BCUT2D eigenvalue weighted by Gasteiger charge is -2.40. The zero-order valence-corrected chi connectivity index (χ0v) is 19.0. The lowest BCUT2D eigenvalue weighted by molar-refractivity contribution is -0.138. The quantitative estimate of drug-likeness (QED) is 0.540. The van der Waals surface area contributed by atoms with Gasteiger partial charge < -0.3 is 5.32 Å². The molecule has 2 aromatic rings. The van der Waals surface area contributed by atoms with Crippen LogP contribution in [-0.2, 0) is 22.2 Å². The normalized spacial score (nSPS) is 19.4. The standard InChI is InChI=1S/C22H22F6N2O3S/c1-20(2,34(32,33)17-5-3-4-14(10-17)21(23,24)25)11-13-8-16(9-13)30-19(31)18-7-6-15(12-29-18)22(26,27)28/h3-7,10,12-13,16H,8-9,11H2,1-2H3,(H,30,31)/t13-,16-. The Hall–Kier alpha value is -2.63. The first-order valence-electron chi connectivity index (χ1n) is 10.3. The number of halogens is 6. The van der Waals surface area contributed by atoms with Gasteiger partial charge in [-0.05, 0) is 69.4 Å². The minimum absolute atomic E-state index is 0.110. The summed E-state index contributed by atoms with van der Waals surface area (Å²) in [7, 11) is -4.08. The van der Waals surface area contributed by atoms with Gasteiger partial charge in [0.1, 0.15) is 5.69 Å². The third-order valence-corrected chi connectivity index (χ3v) is 8.37. The number of benzene rings is 1. The fourth-order valence-corrected chi connectivity index (χ4v) is 5.57. The van der Waals surface area contributed by atoms with E-state index in [1.165, 1.54) is 13.8 Å². The van der Waals surface area contributed by atoms with E-state index in [9.17, 15) is 39.6 Å². The van der Waals surface area contributed by atoms with Gasteiger partial charge in [-0.1, -0.05) is 6.07 Å². The van der Waals surface area contributed by atoms with Crippen LogP contribution in [0.3, 0.4) is 0 Å². The maximum absolute atomic E-state index is 13.0. The minimum atomic E-state index is -4.67. The number of amides is 1. The van der Waals surface area contributed by atoms with Gasteiger partial charge >= 0.3 is 12.4 Å². The number of alkyl halides is 6.